The number of hydrogen-bond donors (Lipinski definition) is 1. The van der Waals surface area contributed by atoms with Gasteiger partial charge in [-0.3, -0.25) is 0 Å². The van der Waals surface area contributed by atoms with E-state index in [0.717, 1.165) is 32.1 Å². The van der Waals surface area contributed by atoms with E-state index < -0.39 is 8.32 Å². The molecule has 0 spiro atoms. The monoisotopic (exact) mass is 404 g/mol. The zero-order valence-corrected chi connectivity index (χ0v) is 19.8. The Balaban J connectivity index is 2.63. The van der Waals surface area contributed by atoms with Gasteiger partial charge in [0, 0.05) is 0 Å². The summed E-state index contributed by atoms with van der Waals surface area (Å²) in [5.74, 6) is 0. The lowest BCUT2D eigenvalue weighted by atomic mass is 10.0. The number of aliphatic hydroxyl groups excluding tert-OH is 1. The molecule has 2 atom stereocenters. The van der Waals surface area contributed by atoms with Gasteiger partial charge in [-0.05, 0) is 49.4 Å². The predicted octanol–water partition coefficient (Wildman–Crippen LogP) is 7.29. The Morgan fingerprint density at radius 2 is 1.61 bits per heavy atom. The minimum Gasteiger partial charge on any atom is -0.411 e. The molecule has 3 heteroatoms. The van der Waals surface area contributed by atoms with Crippen molar-refractivity contribution >= 4 is 8.32 Å². The Morgan fingerprint density at radius 1 is 0.929 bits per heavy atom. The second-order valence-electron chi connectivity index (χ2n) is 8.09. The molecule has 1 aromatic carbocycles. The summed E-state index contributed by atoms with van der Waals surface area (Å²) >= 11 is 0. The maximum atomic E-state index is 10.3. The van der Waals surface area contributed by atoms with Crippen molar-refractivity contribution in [2.24, 2.45) is 0 Å². The SMILES string of the molecule is CCCCCC[C@H](O)C/C=C/[C@H](CCc1ccccc1)O[Si](CC)(CC)CC. The van der Waals surface area contributed by atoms with Crippen LogP contribution in [0.25, 0.3) is 0 Å². The Hall–Kier alpha value is -0.903. The summed E-state index contributed by atoms with van der Waals surface area (Å²) in [5.41, 5.74) is 1.37. The number of aryl methyl sites for hydroxylation is 1. The third-order valence-corrected chi connectivity index (χ3v) is 10.7. The van der Waals surface area contributed by atoms with Crippen molar-refractivity contribution in [3.05, 3.63) is 48.0 Å². The Labute approximate surface area is 175 Å². The van der Waals surface area contributed by atoms with E-state index in [-0.39, 0.29) is 12.2 Å². The van der Waals surface area contributed by atoms with Crippen LogP contribution < -0.4 is 0 Å². The first-order valence-electron chi connectivity index (χ1n) is 11.7. The van der Waals surface area contributed by atoms with E-state index >= 15 is 0 Å². The molecule has 0 saturated carbocycles. The molecule has 1 aromatic rings. The molecule has 0 aliphatic rings. The highest BCUT2D eigenvalue weighted by atomic mass is 28.4. The maximum absolute atomic E-state index is 10.3. The van der Waals surface area contributed by atoms with Gasteiger partial charge in [-0.15, -0.1) is 0 Å². The lowest BCUT2D eigenvalue weighted by molar-refractivity contribution is 0.163. The van der Waals surface area contributed by atoms with Gasteiger partial charge in [0.25, 0.3) is 0 Å². The fraction of sp³-hybridized carbons (Fsp3) is 0.680. The molecular formula is C25H44O2Si. The van der Waals surface area contributed by atoms with Crippen LogP contribution >= 0.6 is 0 Å². The molecule has 0 aliphatic carbocycles. The van der Waals surface area contributed by atoms with Crippen LogP contribution in [-0.2, 0) is 10.8 Å². The molecule has 2 nitrogen and oxygen atoms in total. The van der Waals surface area contributed by atoms with Crippen LogP contribution in [0, 0.1) is 0 Å². The summed E-state index contributed by atoms with van der Waals surface area (Å²) in [6.07, 6.45) is 13.0. The quantitative estimate of drug-likeness (QED) is 0.178. The second-order valence-corrected chi connectivity index (χ2v) is 12.8. The molecule has 1 N–H and O–H groups in total. The predicted molar refractivity (Wildman–Crippen MR) is 125 cm³/mol. The van der Waals surface area contributed by atoms with Gasteiger partial charge in [0.1, 0.15) is 0 Å². The normalized spacial score (nSPS) is 14.5. The van der Waals surface area contributed by atoms with Crippen LogP contribution in [0.5, 0.6) is 0 Å². The summed E-state index contributed by atoms with van der Waals surface area (Å²) in [5, 5.41) is 10.3. The van der Waals surface area contributed by atoms with Crippen LogP contribution in [0.2, 0.25) is 18.1 Å². The lowest BCUT2D eigenvalue weighted by Crippen LogP contribution is -2.39. The first kappa shape index (κ1) is 25.1. The molecule has 0 unspecified atom stereocenters. The van der Waals surface area contributed by atoms with Gasteiger partial charge in [-0.2, -0.15) is 0 Å². The zero-order chi connectivity index (χ0) is 20.7. The van der Waals surface area contributed by atoms with E-state index in [4.69, 9.17) is 4.43 Å². The minimum absolute atomic E-state index is 0.166. The first-order valence-corrected chi connectivity index (χ1v) is 14.2. The van der Waals surface area contributed by atoms with Crippen LogP contribution in [0.15, 0.2) is 42.5 Å². The van der Waals surface area contributed by atoms with Crippen LogP contribution in [-0.4, -0.2) is 25.6 Å². The first-order chi connectivity index (χ1) is 13.6. The molecule has 0 fully saturated rings. The number of unbranched alkanes of at least 4 members (excludes halogenated alkanes) is 3. The molecule has 0 radical (unpaired) electrons. The molecule has 0 bridgehead atoms. The van der Waals surface area contributed by atoms with E-state index in [9.17, 15) is 5.11 Å². The minimum atomic E-state index is -1.64. The number of benzene rings is 1. The Kier molecular flexibility index (Phi) is 13.5. The van der Waals surface area contributed by atoms with Crippen molar-refractivity contribution in [1.29, 1.82) is 0 Å². The second kappa shape index (κ2) is 15.0. The summed E-state index contributed by atoms with van der Waals surface area (Å²) < 4.78 is 6.77. The summed E-state index contributed by atoms with van der Waals surface area (Å²) in [6.45, 7) is 9.09. The van der Waals surface area contributed by atoms with E-state index in [0.29, 0.717) is 0 Å². The van der Waals surface area contributed by atoms with Crippen LogP contribution in [0.1, 0.15) is 78.2 Å². The molecule has 1 rings (SSSR count). The molecular weight excluding hydrogens is 360 g/mol. The van der Waals surface area contributed by atoms with E-state index in [2.05, 4.69) is 70.2 Å². The number of rotatable bonds is 16. The van der Waals surface area contributed by atoms with E-state index in [1.807, 2.05) is 0 Å². The van der Waals surface area contributed by atoms with Crippen LogP contribution in [0.3, 0.4) is 0 Å². The highest BCUT2D eigenvalue weighted by Crippen LogP contribution is 2.25. The number of hydrogen-bond acceptors (Lipinski definition) is 2. The Bertz CT molecular complexity index is 502. The van der Waals surface area contributed by atoms with Crippen molar-refractivity contribution in [2.75, 3.05) is 0 Å². The van der Waals surface area contributed by atoms with Crippen molar-refractivity contribution < 1.29 is 9.53 Å². The molecule has 0 aromatic heterocycles. The molecule has 28 heavy (non-hydrogen) atoms. The standard InChI is InChI=1S/C25H44O2Si/c1-5-9-10-14-18-24(26)19-15-20-25(27-28(6-2,7-3)8-4)22-21-23-16-12-11-13-17-23/h11-13,15-17,20,24-26H,5-10,14,18-19,21-22H2,1-4H3/b20-15+/t24-,25+/m0/s1. The van der Waals surface area contributed by atoms with Gasteiger partial charge < -0.3 is 9.53 Å². The van der Waals surface area contributed by atoms with Gasteiger partial charge in [-0.1, -0.05) is 95.9 Å². The summed E-state index contributed by atoms with van der Waals surface area (Å²) in [6, 6.07) is 14.2. The largest absolute Gasteiger partial charge is 0.411 e. The van der Waals surface area contributed by atoms with E-state index in [1.165, 1.54) is 43.0 Å². The average Bonchev–Trinajstić information content (AvgIpc) is 2.74. The zero-order valence-electron chi connectivity index (χ0n) is 18.8. The van der Waals surface area contributed by atoms with Crippen molar-refractivity contribution in [1.82, 2.24) is 0 Å². The smallest absolute Gasteiger partial charge is 0.192 e. The topological polar surface area (TPSA) is 29.5 Å². The van der Waals surface area contributed by atoms with Gasteiger partial charge in [0.2, 0.25) is 0 Å². The average molecular weight is 405 g/mol. The van der Waals surface area contributed by atoms with Gasteiger partial charge in [-0.25, -0.2) is 0 Å². The lowest BCUT2D eigenvalue weighted by Gasteiger charge is -2.32. The highest BCUT2D eigenvalue weighted by Gasteiger charge is 2.31. The van der Waals surface area contributed by atoms with Crippen molar-refractivity contribution in [3.63, 3.8) is 0 Å². The summed E-state index contributed by atoms with van der Waals surface area (Å²) in [7, 11) is -1.64. The third-order valence-electron chi connectivity index (χ3n) is 6.04. The fourth-order valence-electron chi connectivity index (χ4n) is 3.78. The van der Waals surface area contributed by atoms with Crippen molar-refractivity contribution in [3.8, 4) is 0 Å². The molecule has 0 saturated heterocycles. The van der Waals surface area contributed by atoms with Gasteiger partial charge >= 0.3 is 0 Å². The Morgan fingerprint density at radius 3 is 2.21 bits per heavy atom. The van der Waals surface area contributed by atoms with Crippen molar-refractivity contribution in [2.45, 2.75) is 109 Å². The molecule has 0 heterocycles. The van der Waals surface area contributed by atoms with Crippen LogP contribution in [0.4, 0.5) is 0 Å². The van der Waals surface area contributed by atoms with Gasteiger partial charge in [0.15, 0.2) is 8.32 Å². The molecule has 0 amide bonds. The van der Waals surface area contributed by atoms with E-state index in [1.54, 1.807) is 0 Å². The number of aliphatic hydroxyl groups is 1. The third kappa shape index (κ3) is 10.0. The molecule has 160 valence electrons. The highest BCUT2D eigenvalue weighted by molar-refractivity contribution is 6.73. The maximum Gasteiger partial charge on any atom is 0.192 e. The fourth-order valence-corrected chi connectivity index (χ4v) is 6.62. The molecule has 0 aliphatic heterocycles. The van der Waals surface area contributed by atoms with Gasteiger partial charge in [0.05, 0.1) is 12.2 Å². The summed E-state index contributed by atoms with van der Waals surface area (Å²) in [4.78, 5) is 0.